The number of carbonyl (C=O) groups excluding carboxylic acids is 1. The number of benzene rings is 1. The fourth-order valence-corrected chi connectivity index (χ4v) is 2.13. The van der Waals surface area contributed by atoms with Gasteiger partial charge in [-0.15, -0.1) is 12.4 Å². The molecule has 112 valence electrons. The summed E-state index contributed by atoms with van der Waals surface area (Å²) in [5.74, 6) is -0.923. The number of alkyl halides is 1. The van der Waals surface area contributed by atoms with Crippen molar-refractivity contribution in [1.29, 1.82) is 0 Å². The van der Waals surface area contributed by atoms with Crippen molar-refractivity contribution >= 4 is 18.3 Å². The largest absolute Gasteiger partial charge is 0.386 e. The van der Waals surface area contributed by atoms with Gasteiger partial charge in [-0.05, 0) is 24.1 Å². The second kappa shape index (κ2) is 6.97. The summed E-state index contributed by atoms with van der Waals surface area (Å²) in [7, 11) is 0. The standard InChI is InChI=1S/C13H16F2N2O2.ClH/c14-9-3-1-8(2-4-9)12(18)11(16)13(19)17-6-5-10(15)7-17;/h1-4,10-12,18H,5-7,16H2;1H/t10-,11+,12-;/m0./s1. The molecule has 1 saturated heterocycles. The van der Waals surface area contributed by atoms with Gasteiger partial charge in [0, 0.05) is 6.54 Å². The van der Waals surface area contributed by atoms with Crippen LogP contribution in [-0.4, -0.2) is 41.2 Å². The second-order valence-electron chi connectivity index (χ2n) is 4.69. The van der Waals surface area contributed by atoms with Crippen LogP contribution in [0.1, 0.15) is 18.1 Å². The van der Waals surface area contributed by atoms with Crippen LogP contribution in [0, 0.1) is 5.82 Å². The molecule has 2 rings (SSSR count). The highest BCUT2D eigenvalue weighted by atomic mass is 35.5. The average Bonchev–Trinajstić information content (AvgIpc) is 2.84. The number of halogens is 3. The Kier molecular flexibility index (Phi) is 5.86. The minimum Gasteiger partial charge on any atom is -0.386 e. The predicted molar refractivity (Wildman–Crippen MR) is 72.7 cm³/mol. The molecule has 0 aliphatic carbocycles. The van der Waals surface area contributed by atoms with Gasteiger partial charge in [-0.3, -0.25) is 4.79 Å². The Morgan fingerprint density at radius 3 is 2.50 bits per heavy atom. The zero-order valence-electron chi connectivity index (χ0n) is 10.7. The number of aliphatic hydroxyl groups is 1. The van der Waals surface area contributed by atoms with Crippen LogP contribution in [-0.2, 0) is 4.79 Å². The van der Waals surface area contributed by atoms with Crippen LogP contribution in [0.25, 0.3) is 0 Å². The number of likely N-dealkylation sites (tertiary alicyclic amines) is 1. The SMILES string of the molecule is Cl.N[C@@H](C(=O)N1CC[C@H](F)C1)[C@@H](O)c1ccc(F)cc1. The zero-order chi connectivity index (χ0) is 14.0. The molecule has 0 bridgehead atoms. The van der Waals surface area contributed by atoms with Crippen molar-refractivity contribution in [2.24, 2.45) is 5.73 Å². The molecule has 1 fully saturated rings. The van der Waals surface area contributed by atoms with E-state index in [0.717, 1.165) is 0 Å². The van der Waals surface area contributed by atoms with Crippen molar-refractivity contribution in [1.82, 2.24) is 4.90 Å². The van der Waals surface area contributed by atoms with Gasteiger partial charge in [-0.25, -0.2) is 8.78 Å². The third-order valence-corrected chi connectivity index (χ3v) is 3.28. The minimum absolute atomic E-state index is 0. The lowest BCUT2D eigenvalue weighted by Gasteiger charge is -2.24. The van der Waals surface area contributed by atoms with Gasteiger partial charge in [0.25, 0.3) is 0 Å². The van der Waals surface area contributed by atoms with Crippen LogP contribution in [0.15, 0.2) is 24.3 Å². The highest BCUT2D eigenvalue weighted by Crippen LogP contribution is 2.20. The fourth-order valence-electron chi connectivity index (χ4n) is 2.13. The van der Waals surface area contributed by atoms with Crippen molar-refractivity contribution in [3.8, 4) is 0 Å². The summed E-state index contributed by atoms with van der Waals surface area (Å²) in [4.78, 5) is 13.3. The van der Waals surface area contributed by atoms with Gasteiger partial charge < -0.3 is 15.7 Å². The number of aliphatic hydroxyl groups excluding tert-OH is 1. The molecule has 1 aromatic carbocycles. The van der Waals surface area contributed by atoms with E-state index in [1.54, 1.807) is 0 Å². The summed E-state index contributed by atoms with van der Waals surface area (Å²) in [6, 6.07) is 3.94. The molecule has 0 unspecified atom stereocenters. The lowest BCUT2D eigenvalue weighted by Crippen LogP contribution is -2.46. The third kappa shape index (κ3) is 3.65. The summed E-state index contributed by atoms with van der Waals surface area (Å²) in [6.45, 7) is 0.326. The van der Waals surface area contributed by atoms with Gasteiger partial charge in [-0.1, -0.05) is 12.1 Å². The maximum Gasteiger partial charge on any atom is 0.242 e. The molecule has 1 amide bonds. The summed E-state index contributed by atoms with van der Waals surface area (Å²) < 4.78 is 25.8. The van der Waals surface area contributed by atoms with E-state index in [1.807, 2.05) is 0 Å². The quantitative estimate of drug-likeness (QED) is 0.881. The van der Waals surface area contributed by atoms with Gasteiger partial charge in [-0.2, -0.15) is 0 Å². The molecule has 1 aromatic rings. The Hall–Kier alpha value is -1.24. The molecule has 3 N–H and O–H groups in total. The summed E-state index contributed by atoms with van der Waals surface area (Å²) in [5, 5.41) is 9.99. The zero-order valence-corrected chi connectivity index (χ0v) is 11.5. The molecule has 4 nitrogen and oxygen atoms in total. The Morgan fingerprint density at radius 1 is 1.40 bits per heavy atom. The molecule has 0 spiro atoms. The van der Waals surface area contributed by atoms with Crippen molar-refractivity contribution < 1.29 is 18.7 Å². The first kappa shape index (κ1) is 16.8. The van der Waals surface area contributed by atoms with Crippen molar-refractivity contribution in [2.75, 3.05) is 13.1 Å². The molecular formula is C13H17ClF2N2O2. The molecule has 1 aliphatic heterocycles. The van der Waals surface area contributed by atoms with Crippen molar-refractivity contribution in [3.05, 3.63) is 35.6 Å². The first-order chi connectivity index (χ1) is 8.99. The monoisotopic (exact) mass is 306 g/mol. The highest BCUT2D eigenvalue weighted by molar-refractivity contribution is 5.85. The second-order valence-corrected chi connectivity index (χ2v) is 4.69. The van der Waals surface area contributed by atoms with E-state index in [9.17, 15) is 18.7 Å². The van der Waals surface area contributed by atoms with Gasteiger partial charge in [0.05, 0.1) is 6.54 Å². The minimum atomic E-state index is -1.23. The number of rotatable bonds is 3. The fraction of sp³-hybridized carbons (Fsp3) is 0.462. The molecule has 7 heteroatoms. The smallest absolute Gasteiger partial charge is 0.242 e. The molecule has 20 heavy (non-hydrogen) atoms. The number of hydrogen-bond acceptors (Lipinski definition) is 3. The average molecular weight is 307 g/mol. The molecule has 1 heterocycles. The van der Waals surface area contributed by atoms with E-state index in [1.165, 1.54) is 29.2 Å². The lowest BCUT2D eigenvalue weighted by molar-refractivity contribution is -0.134. The maximum absolute atomic E-state index is 13.0. The molecule has 0 radical (unpaired) electrons. The van der Waals surface area contributed by atoms with Crippen LogP contribution in [0.5, 0.6) is 0 Å². The maximum atomic E-state index is 13.0. The molecule has 3 atom stereocenters. The first-order valence-corrected chi connectivity index (χ1v) is 6.11. The first-order valence-electron chi connectivity index (χ1n) is 6.11. The summed E-state index contributed by atoms with van der Waals surface area (Å²) in [6.07, 6.45) is -1.96. The summed E-state index contributed by atoms with van der Waals surface area (Å²) in [5.41, 5.74) is 6.06. The van der Waals surface area contributed by atoms with Crippen LogP contribution in [0.4, 0.5) is 8.78 Å². The van der Waals surface area contributed by atoms with Crippen molar-refractivity contribution in [3.63, 3.8) is 0 Å². The number of hydrogen-bond donors (Lipinski definition) is 2. The van der Waals surface area contributed by atoms with E-state index in [-0.39, 0.29) is 19.0 Å². The van der Waals surface area contributed by atoms with Crippen LogP contribution in [0.2, 0.25) is 0 Å². The summed E-state index contributed by atoms with van der Waals surface area (Å²) >= 11 is 0. The van der Waals surface area contributed by atoms with Gasteiger partial charge >= 0.3 is 0 Å². The van der Waals surface area contributed by atoms with E-state index in [0.29, 0.717) is 18.5 Å². The molecule has 0 saturated carbocycles. The van der Waals surface area contributed by atoms with Gasteiger partial charge in [0.2, 0.25) is 5.91 Å². The Bertz CT molecular complexity index is 458. The Balaban J connectivity index is 0.00000200. The van der Waals surface area contributed by atoms with E-state index < -0.39 is 30.0 Å². The van der Waals surface area contributed by atoms with Crippen LogP contribution >= 0.6 is 12.4 Å². The van der Waals surface area contributed by atoms with E-state index >= 15 is 0 Å². The van der Waals surface area contributed by atoms with Crippen molar-refractivity contribution in [2.45, 2.75) is 24.7 Å². The molecule has 1 aliphatic rings. The van der Waals surface area contributed by atoms with Crippen LogP contribution < -0.4 is 5.73 Å². The van der Waals surface area contributed by atoms with Gasteiger partial charge in [0.15, 0.2) is 0 Å². The number of nitrogens with two attached hydrogens (primary N) is 1. The number of nitrogens with zero attached hydrogens (tertiary/aromatic N) is 1. The molecule has 0 aromatic heterocycles. The third-order valence-electron chi connectivity index (χ3n) is 3.28. The van der Waals surface area contributed by atoms with Crippen LogP contribution in [0.3, 0.4) is 0 Å². The van der Waals surface area contributed by atoms with E-state index in [4.69, 9.17) is 5.73 Å². The van der Waals surface area contributed by atoms with Gasteiger partial charge in [0.1, 0.15) is 24.1 Å². The number of amides is 1. The number of carbonyl (C=O) groups is 1. The molecular weight excluding hydrogens is 290 g/mol. The highest BCUT2D eigenvalue weighted by Gasteiger charge is 2.32. The lowest BCUT2D eigenvalue weighted by atomic mass is 10.0. The van der Waals surface area contributed by atoms with E-state index in [2.05, 4.69) is 0 Å². The predicted octanol–water partition coefficient (Wildman–Crippen LogP) is 1.18. The topological polar surface area (TPSA) is 66.6 Å². The Labute approximate surface area is 122 Å². The normalized spacial score (nSPS) is 21.2. The Morgan fingerprint density at radius 2 is 2.00 bits per heavy atom.